The lowest BCUT2D eigenvalue weighted by molar-refractivity contribution is 0.322. The van der Waals surface area contributed by atoms with E-state index in [1.165, 1.54) is 35.7 Å². The largest absolute Gasteiger partial charge is 0.361 e. The number of aromatic nitrogens is 3. The zero-order valence-corrected chi connectivity index (χ0v) is 14.1. The van der Waals surface area contributed by atoms with Crippen molar-refractivity contribution in [2.24, 2.45) is 0 Å². The highest BCUT2D eigenvalue weighted by atomic mass is 16.1. The van der Waals surface area contributed by atoms with E-state index in [0.717, 1.165) is 37.8 Å². The van der Waals surface area contributed by atoms with Crippen LogP contribution in [-0.4, -0.2) is 14.8 Å². The zero-order chi connectivity index (χ0) is 16.4. The topological polar surface area (TPSA) is 53.6 Å². The second-order valence-electron chi connectivity index (χ2n) is 6.99. The van der Waals surface area contributed by atoms with Gasteiger partial charge in [0.2, 0.25) is 0 Å². The van der Waals surface area contributed by atoms with Crippen molar-refractivity contribution in [2.75, 3.05) is 0 Å². The number of aromatic amines is 2. The number of nitrogens with zero attached hydrogens (tertiary/aromatic N) is 1. The number of hydrogen-bond donors (Lipinski definition) is 2. The van der Waals surface area contributed by atoms with E-state index in [1.54, 1.807) is 6.07 Å². The van der Waals surface area contributed by atoms with E-state index in [1.807, 2.05) is 4.68 Å². The molecule has 24 heavy (non-hydrogen) atoms. The summed E-state index contributed by atoms with van der Waals surface area (Å²) in [5, 5.41) is 4.68. The molecular weight excluding hydrogens is 298 g/mol. The Bertz CT molecular complexity index is 864. The van der Waals surface area contributed by atoms with Crippen molar-refractivity contribution in [2.45, 2.75) is 57.4 Å². The summed E-state index contributed by atoms with van der Waals surface area (Å²) in [6.45, 7) is 0. The van der Waals surface area contributed by atoms with Crippen molar-refractivity contribution < 1.29 is 0 Å². The molecular formula is C20H25N3O. The highest BCUT2D eigenvalue weighted by Gasteiger charge is 2.17. The standard InChI is InChI=1S/C20H25N3O/c24-20-13-16(22-23(20)17-9-2-1-3-10-17)8-6-7-15-14-21-19-12-5-4-11-18(15)19/h4-5,11-14,17,21-22H,1-3,6-10H2. The molecule has 4 heteroatoms. The molecule has 126 valence electrons. The van der Waals surface area contributed by atoms with Crippen LogP contribution in [0.15, 0.2) is 41.3 Å². The predicted molar refractivity (Wildman–Crippen MR) is 97.5 cm³/mol. The molecule has 2 aromatic heterocycles. The lowest BCUT2D eigenvalue weighted by atomic mass is 9.96. The second-order valence-corrected chi connectivity index (χ2v) is 6.99. The average Bonchev–Trinajstić information content (AvgIpc) is 3.20. The van der Waals surface area contributed by atoms with Gasteiger partial charge in [-0.25, -0.2) is 4.68 Å². The highest BCUT2D eigenvalue weighted by molar-refractivity contribution is 5.82. The molecule has 2 heterocycles. The molecule has 0 unspecified atom stereocenters. The van der Waals surface area contributed by atoms with E-state index >= 15 is 0 Å². The van der Waals surface area contributed by atoms with Gasteiger partial charge in [-0.15, -0.1) is 0 Å². The molecule has 0 bridgehead atoms. The Morgan fingerprint density at radius 2 is 1.92 bits per heavy atom. The maximum absolute atomic E-state index is 12.2. The molecule has 4 nitrogen and oxygen atoms in total. The van der Waals surface area contributed by atoms with Gasteiger partial charge in [0.25, 0.3) is 5.56 Å². The number of para-hydroxylation sites is 1. The van der Waals surface area contributed by atoms with Crippen LogP contribution in [0.2, 0.25) is 0 Å². The van der Waals surface area contributed by atoms with Gasteiger partial charge in [0.05, 0.1) is 6.04 Å². The van der Waals surface area contributed by atoms with Crippen LogP contribution in [0.5, 0.6) is 0 Å². The SMILES string of the molecule is O=c1cc(CCCc2c[nH]c3ccccc23)[nH]n1C1CCCCC1. The number of aryl methyl sites for hydroxylation is 2. The summed E-state index contributed by atoms with van der Waals surface area (Å²) in [5.74, 6) is 0. The summed E-state index contributed by atoms with van der Waals surface area (Å²) in [6.07, 6.45) is 11.2. The van der Waals surface area contributed by atoms with Crippen LogP contribution in [0.3, 0.4) is 0 Å². The summed E-state index contributed by atoms with van der Waals surface area (Å²) < 4.78 is 1.88. The monoisotopic (exact) mass is 323 g/mol. The molecule has 1 fully saturated rings. The molecule has 0 spiro atoms. The van der Waals surface area contributed by atoms with Crippen LogP contribution < -0.4 is 5.56 Å². The van der Waals surface area contributed by atoms with Crippen molar-refractivity contribution >= 4 is 10.9 Å². The number of fused-ring (bicyclic) bond motifs is 1. The van der Waals surface area contributed by atoms with Gasteiger partial charge >= 0.3 is 0 Å². The smallest absolute Gasteiger partial charge is 0.266 e. The lowest BCUT2D eigenvalue weighted by Gasteiger charge is -2.22. The van der Waals surface area contributed by atoms with Crippen LogP contribution in [0, 0.1) is 0 Å². The minimum Gasteiger partial charge on any atom is -0.361 e. The van der Waals surface area contributed by atoms with Crippen LogP contribution >= 0.6 is 0 Å². The van der Waals surface area contributed by atoms with E-state index in [4.69, 9.17) is 0 Å². The van der Waals surface area contributed by atoms with Crippen molar-refractivity contribution in [3.63, 3.8) is 0 Å². The fourth-order valence-corrected chi connectivity index (χ4v) is 4.01. The third kappa shape index (κ3) is 3.05. The highest BCUT2D eigenvalue weighted by Crippen LogP contribution is 2.26. The molecule has 4 rings (SSSR count). The normalized spacial score (nSPS) is 16.0. The number of rotatable bonds is 5. The average molecular weight is 323 g/mol. The fraction of sp³-hybridized carbons (Fsp3) is 0.450. The van der Waals surface area contributed by atoms with Gasteiger partial charge in [-0.05, 0) is 43.7 Å². The summed E-state index contributed by atoms with van der Waals surface area (Å²) in [5.41, 5.74) is 3.78. The van der Waals surface area contributed by atoms with Crippen LogP contribution in [-0.2, 0) is 12.8 Å². The Morgan fingerprint density at radius 1 is 1.08 bits per heavy atom. The maximum Gasteiger partial charge on any atom is 0.266 e. The Kier molecular flexibility index (Phi) is 4.28. The second kappa shape index (κ2) is 6.71. The predicted octanol–water partition coefficient (Wildman–Crippen LogP) is 4.34. The lowest BCUT2D eigenvalue weighted by Crippen LogP contribution is -2.23. The van der Waals surface area contributed by atoms with Gasteiger partial charge in [-0.2, -0.15) is 0 Å². The number of H-pyrrole nitrogens is 2. The molecule has 1 aliphatic rings. The summed E-state index contributed by atoms with van der Waals surface area (Å²) >= 11 is 0. The van der Waals surface area contributed by atoms with E-state index in [-0.39, 0.29) is 5.56 Å². The molecule has 2 N–H and O–H groups in total. The van der Waals surface area contributed by atoms with Crippen molar-refractivity contribution in [1.29, 1.82) is 0 Å². The maximum atomic E-state index is 12.2. The van der Waals surface area contributed by atoms with E-state index in [9.17, 15) is 4.79 Å². The minimum atomic E-state index is 0.143. The quantitative estimate of drug-likeness (QED) is 0.721. The summed E-state index contributed by atoms with van der Waals surface area (Å²) in [7, 11) is 0. The van der Waals surface area contributed by atoms with Gasteiger partial charge in [-0.1, -0.05) is 37.5 Å². The number of nitrogens with one attached hydrogen (secondary N) is 2. The molecule has 3 aromatic rings. The third-order valence-electron chi connectivity index (χ3n) is 5.31. The van der Waals surface area contributed by atoms with Gasteiger partial charge in [0.1, 0.15) is 0 Å². The molecule has 0 radical (unpaired) electrons. The first-order valence-corrected chi connectivity index (χ1v) is 9.17. The molecule has 0 saturated heterocycles. The molecule has 0 amide bonds. The molecule has 0 aliphatic heterocycles. The zero-order valence-electron chi connectivity index (χ0n) is 14.1. The Hall–Kier alpha value is -2.23. The number of hydrogen-bond acceptors (Lipinski definition) is 1. The van der Waals surface area contributed by atoms with Gasteiger partial charge in [0.15, 0.2) is 0 Å². The van der Waals surface area contributed by atoms with Gasteiger partial charge in [-0.3, -0.25) is 9.89 Å². The summed E-state index contributed by atoms with van der Waals surface area (Å²) in [6, 6.07) is 10.6. The third-order valence-corrected chi connectivity index (χ3v) is 5.31. The van der Waals surface area contributed by atoms with Gasteiger partial charge in [0, 0.05) is 28.9 Å². The first-order chi connectivity index (χ1) is 11.8. The minimum absolute atomic E-state index is 0.143. The molecule has 1 saturated carbocycles. The van der Waals surface area contributed by atoms with Crippen LogP contribution in [0.25, 0.3) is 10.9 Å². The van der Waals surface area contributed by atoms with E-state index in [2.05, 4.69) is 40.5 Å². The van der Waals surface area contributed by atoms with Crippen molar-refractivity contribution in [3.05, 3.63) is 58.1 Å². The first kappa shape index (κ1) is 15.3. The van der Waals surface area contributed by atoms with Crippen LogP contribution in [0.1, 0.15) is 55.8 Å². The van der Waals surface area contributed by atoms with E-state index < -0.39 is 0 Å². The molecule has 1 aliphatic carbocycles. The first-order valence-electron chi connectivity index (χ1n) is 9.17. The Labute approximate surface area is 141 Å². The number of benzene rings is 1. The molecule has 0 atom stereocenters. The fourth-order valence-electron chi connectivity index (χ4n) is 4.01. The van der Waals surface area contributed by atoms with E-state index in [0.29, 0.717) is 6.04 Å². The summed E-state index contributed by atoms with van der Waals surface area (Å²) in [4.78, 5) is 15.6. The Balaban J connectivity index is 1.40. The van der Waals surface area contributed by atoms with Crippen molar-refractivity contribution in [1.82, 2.24) is 14.8 Å². The Morgan fingerprint density at radius 3 is 2.79 bits per heavy atom. The van der Waals surface area contributed by atoms with Crippen LogP contribution in [0.4, 0.5) is 0 Å². The molecule has 1 aromatic carbocycles. The van der Waals surface area contributed by atoms with Crippen molar-refractivity contribution in [3.8, 4) is 0 Å². The van der Waals surface area contributed by atoms with Gasteiger partial charge < -0.3 is 4.98 Å².